The Balaban J connectivity index is 0.000000238. The average Bonchev–Trinajstić information content (AvgIpc) is 3.51. The number of amides is 1. The van der Waals surface area contributed by atoms with Crippen molar-refractivity contribution in [1.29, 1.82) is 0 Å². The number of aromatic nitrogens is 3. The quantitative estimate of drug-likeness (QED) is 0.459. The van der Waals surface area contributed by atoms with Gasteiger partial charge in [0.05, 0.1) is 10.7 Å². The lowest BCUT2D eigenvalue weighted by molar-refractivity contribution is 0.0295. The second-order valence-corrected chi connectivity index (χ2v) is 8.37. The minimum absolute atomic E-state index is 0.167. The van der Waals surface area contributed by atoms with Gasteiger partial charge in [-0.1, -0.05) is 42.7 Å². The number of nitrogens with one attached hydrogen (secondary N) is 1. The third-order valence-electron chi connectivity index (χ3n) is 4.28. The van der Waals surface area contributed by atoms with Crippen molar-refractivity contribution >= 4 is 29.2 Å². The highest BCUT2D eigenvalue weighted by atomic mass is 35.5. The van der Waals surface area contributed by atoms with E-state index >= 15 is 0 Å². The van der Waals surface area contributed by atoms with Crippen molar-refractivity contribution in [3.8, 4) is 11.4 Å². The molecule has 9 heteroatoms. The smallest absolute Gasteiger partial charge is 0.410 e. The molecule has 1 saturated heterocycles. The van der Waals surface area contributed by atoms with Gasteiger partial charge in [0.1, 0.15) is 11.4 Å². The number of pyridine rings is 1. The van der Waals surface area contributed by atoms with Gasteiger partial charge in [0.25, 0.3) is 0 Å². The van der Waals surface area contributed by atoms with Crippen LogP contribution in [-0.2, 0) is 4.74 Å². The van der Waals surface area contributed by atoms with Crippen LogP contribution in [0.5, 0.6) is 0 Å². The molecular formula is C24H32ClN5O3. The standard InChI is InChI=1S/C13H9ClN4O.C9H17NO2.C2H6/c14-10-3-1-2-4-11(10)17-12-6-5-9(7-15-12)13-16-8-19-18-13;1-9(2,3)12-8(11)10-6-4-5-7-10;1-2/h1-8H,(H,15,17);4-7H2,1-3H3;1-2H3. The Hall–Kier alpha value is -3.13. The van der Waals surface area contributed by atoms with Gasteiger partial charge in [-0.15, -0.1) is 0 Å². The topological polar surface area (TPSA) is 93.4 Å². The maximum Gasteiger partial charge on any atom is 0.410 e. The molecule has 0 saturated carbocycles. The number of ether oxygens (including phenoxy) is 1. The first-order chi connectivity index (χ1) is 15.8. The van der Waals surface area contributed by atoms with Crippen LogP contribution in [0.4, 0.5) is 16.3 Å². The van der Waals surface area contributed by atoms with Crippen LogP contribution in [0.3, 0.4) is 0 Å². The molecule has 3 aromatic rings. The molecule has 3 heterocycles. The Morgan fingerprint density at radius 1 is 1.09 bits per heavy atom. The van der Waals surface area contributed by atoms with E-state index in [9.17, 15) is 4.79 Å². The van der Waals surface area contributed by atoms with E-state index in [0.29, 0.717) is 16.7 Å². The lowest BCUT2D eigenvalue weighted by Gasteiger charge is -2.23. The number of nitrogens with zero attached hydrogens (tertiary/aromatic N) is 4. The number of carbonyl (C=O) groups is 1. The molecule has 0 unspecified atom stereocenters. The lowest BCUT2D eigenvalue weighted by Crippen LogP contribution is -2.34. The number of rotatable bonds is 3. The van der Waals surface area contributed by atoms with Crippen molar-refractivity contribution in [2.45, 2.75) is 53.1 Å². The van der Waals surface area contributed by atoms with E-state index in [1.165, 1.54) is 6.39 Å². The van der Waals surface area contributed by atoms with E-state index in [-0.39, 0.29) is 11.7 Å². The van der Waals surface area contributed by atoms with Crippen molar-refractivity contribution in [3.05, 3.63) is 54.0 Å². The summed E-state index contributed by atoms with van der Waals surface area (Å²) in [6.07, 6.45) is 5.01. The number of halogens is 1. The predicted octanol–water partition coefficient (Wildman–Crippen LogP) is 6.57. The van der Waals surface area contributed by atoms with Gasteiger partial charge in [0, 0.05) is 24.8 Å². The molecule has 1 aliphatic heterocycles. The van der Waals surface area contributed by atoms with Crippen LogP contribution in [0.2, 0.25) is 5.02 Å². The van der Waals surface area contributed by atoms with E-state index in [0.717, 1.165) is 37.2 Å². The monoisotopic (exact) mass is 473 g/mol. The molecule has 0 radical (unpaired) electrons. The molecule has 8 nitrogen and oxygen atoms in total. The molecule has 1 fully saturated rings. The summed E-state index contributed by atoms with van der Waals surface area (Å²) >= 11 is 6.06. The van der Waals surface area contributed by atoms with Crippen molar-refractivity contribution < 1.29 is 14.1 Å². The number of hydrogen-bond donors (Lipinski definition) is 1. The number of likely N-dealkylation sites (tertiary alicyclic amines) is 1. The lowest BCUT2D eigenvalue weighted by atomic mass is 10.2. The fourth-order valence-electron chi connectivity index (χ4n) is 2.82. The van der Waals surface area contributed by atoms with Crippen molar-refractivity contribution in [3.63, 3.8) is 0 Å². The minimum Gasteiger partial charge on any atom is -0.444 e. The van der Waals surface area contributed by atoms with E-state index < -0.39 is 0 Å². The highest BCUT2D eigenvalue weighted by molar-refractivity contribution is 6.33. The van der Waals surface area contributed by atoms with Crippen LogP contribution >= 0.6 is 11.6 Å². The number of para-hydroxylation sites is 1. The van der Waals surface area contributed by atoms with Crippen LogP contribution in [-0.4, -0.2) is 44.8 Å². The molecule has 1 aliphatic rings. The van der Waals surface area contributed by atoms with E-state index in [2.05, 4.69) is 25.0 Å². The largest absolute Gasteiger partial charge is 0.444 e. The molecule has 33 heavy (non-hydrogen) atoms. The molecule has 2 aromatic heterocycles. The van der Waals surface area contributed by atoms with Gasteiger partial charge in [-0.2, -0.15) is 4.98 Å². The van der Waals surface area contributed by atoms with Crippen LogP contribution in [0.25, 0.3) is 11.4 Å². The van der Waals surface area contributed by atoms with E-state index in [1.807, 2.05) is 71.0 Å². The molecule has 1 amide bonds. The maximum absolute atomic E-state index is 11.4. The van der Waals surface area contributed by atoms with E-state index in [1.54, 1.807) is 11.1 Å². The van der Waals surface area contributed by atoms with Crippen LogP contribution in [0, 0.1) is 0 Å². The Morgan fingerprint density at radius 2 is 1.79 bits per heavy atom. The Labute approximate surface area is 200 Å². The SMILES string of the molecule is CC.CC(C)(C)OC(=O)N1CCCC1.Clc1ccccc1Nc1ccc(-c2ncon2)cn1. The summed E-state index contributed by atoms with van der Waals surface area (Å²) in [6.45, 7) is 11.4. The third-order valence-corrected chi connectivity index (χ3v) is 4.61. The number of carbonyl (C=O) groups excluding carboxylic acids is 1. The normalized spacial score (nSPS) is 12.7. The first-order valence-electron chi connectivity index (χ1n) is 11.0. The summed E-state index contributed by atoms with van der Waals surface area (Å²) < 4.78 is 9.90. The molecule has 0 atom stereocenters. The fourth-order valence-corrected chi connectivity index (χ4v) is 3.01. The van der Waals surface area contributed by atoms with Crippen LogP contribution in [0.15, 0.2) is 53.5 Å². The molecule has 0 spiro atoms. The number of hydrogen-bond acceptors (Lipinski definition) is 7. The summed E-state index contributed by atoms with van der Waals surface area (Å²) in [6, 6.07) is 11.2. The summed E-state index contributed by atoms with van der Waals surface area (Å²) in [7, 11) is 0. The highest BCUT2D eigenvalue weighted by Gasteiger charge is 2.23. The van der Waals surface area contributed by atoms with Crippen LogP contribution in [0.1, 0.15) is 47.5 Å². The zero-order valence-electron chi connectivity index (χ0n) is 19.8. The zero-order valence-corrected chi connectivity index (χ0v) is 20.6. The second kappa shape index (κ2) is 12.8. The summed E-state index contributed by atoms with van der Waals surface area (Å²) in [5.41, 5.74) is 1.24. The second-order valence-electron chi connectivity index (χ2n) is 7.97. The van der Waals surface area contributed by atoms with Crippen molar-refractivity contribution in [1.82, 2.24) is 20.0 Å². The molecule has 0 aliphatic carbocycles. The number of anilines is 2. The predicted molar refractivity (Wildman–Crippen MR) is 131 cm³/mol. The van der Waals surface area contributed by atoms with E-state index in [4.69, 9.17) is 16.3 Å². The Bertz CT molecular complexity index is 967. The summed E-state index contributed by atoms with van der Waals surface area (Å²) in [5.74, 6) is 1.21. The molecule has 0 bridgehead atoms. The summed E-state index contributed by atoms with van der Waals surface area (Å²) in [4.78, 5) is 21.4. The zero-order chi connectivity index (χ0) is 24.3. The Morgan fingerprint density at radius 3 is 2.33 bits per heavy atom. The Kier molecular flexibility index (Phi) is 10.1. The van der Waals surface area contributed by atoms with Gasteiger partial charge < -0.3 is 19.5 Å². The average molecular weight is 474 g/mol. The van der Waals surface area contributed by atoms with Gasteiger partial charge >= 0.3 is 6.09 Å². The fraction of sp³-hybridized carbons (Fsp3) is 0.417. The first kappa shape index (κ1) is 26.1. The van der Waals surface area contributed by atoms with Crippen molar-refractivity contribution in [2.75, 3.05) is 18.4 Å². The molecule has 4 rings (SSSR count). The number of benzene rings is 1. The molecule has 178 valence electrons. The highest BCUT2D eigenvalue weighted by Crippen LogP contribution is 2.24. The minimum atomic E-state index is -0.361. The first-order valence-corrected chi connectivity index (χ1v) is 11.4. The van der Waals surface area contributed by atoms with Gasteiger partial charge in [-0.25, -0.2) is 9.78 Å². The van der Waals surface area contributed by atoms with Gasteiger partial charge in [-0.3, -0.25) is 0 Å². The van der Waals surface area contributed by atoms with Gasteiger partial charge in [-0.05, 0) is 57.9 Å². The van der Waals surface area contributed by atoms with Gasteiger partial charge in [0.2, 0.25) is 12.2 Å². The molecule has 1 N–H and O–H groups in total. The summed E-state index contributed by atoms with van der Waals surface area (Å²) in [5, 5.41) is 7.53. The molecule has 1 aromatic carbocycles. The van der Waals surface area contributed by atoms with Crippen LogP contribution < -0.4 is 5.32 Å². The molecular weight excluding hydrogens is 442 g/mol. The van der Waals surface area contributed by atoms with Crippen molar-refractivity contribution in [2.24, 2.45) is 0 Å². The van der Waals surface area contributed by atoms with Gasteiger partial charge in [0.15, 0.2) is 0 Å². The third kappa shape index (κ3) is 8.73. The maximum atomic E-state index is 11.4.